The predicted molar refractivity (Wildman–Crippen MR) is 117 cm³/mol. The maximum Gasteiger partial charge on any atom is 0.268 e. The van der Waals surface area contributed by atoms with Crippen LogP contribution in [0.2, 0.25) is 0 Å². The van der Waals surface area contributed by atoms with E-state index in [9.17, 15) is 12.8 Å². The summed E-state index contributed by atoms with van der Waals surface area (Å²) in [6.45, 7) is 1.69. The van der Waals surface area contributed by atoms with Gasteiger partial charge in [-0.25, -0.2) is 16.8 Å². The van der Waals surface area contributed by atoms with Crippen molar-refractivity contribution in [3.05, 3.63) is 84.3 Å². The molecule has 0 saturated carbocycles. The summed E-state index contributed by atoms with van der Waals surface area (Å²) in [5, 5.41) is 0.547. The molecule has 0 N–H and O–H groups in total. The summed E-state index contributed by atoms with van der Waals surface area (Å²) in [5.74, 6) is 0.340. The third-order valence-electron chi connectivity index (χ3n) is 5.10. The van der Waals surface area contributed by atoms with E-state index < -0.39 is 15.8 Å². The molecule has 0 unspecified atom stereocenters. The molecule has 0 bridgehead atoms. The molecular weight excluding hydrogens is 403 g/mol. The zero-order valence-electron chi connectivity index (χ0n) is 16.8. The van der Waals surface area contributed by atoms with Gasteiger partial charge < -0.3 is 9.64 Å². The lowest BCUT2D eigenvalue weighted by molar-refractivity contribution is 0.415. The highest BCUT2D eigenvalue weighted by Gasteiger charge is 2.22. The number of fused-ring (bicyclic) bond motifs is 1. The molecule has 4 aromatic rings. The first-order valence-electron chi connectivity index (χ1n) is 9.32. The molecule has 0 spiro atoms. The van der Waals surface area contributed by atoms with Crippen molar-refractivity contribution >= 4 is 32.3 Å². The lowest BCUT2D eigenvalue weighted by atomic mass is 10.2. The number of halogens is 1. The van der Waals surface area contributed by atoms with Crippen molar-refractivity contribution in [2.75, 3.05) is 19.1 Å². The monoisotopic (exact) mass is 424 g/mol. The number of hydrogen-bond donors (Lipinski definition) is 0. The van der Waals surface area contributed by atoms with Gasteiger partial charge >= 0.3 is 0 Å². The van der Waals surface area contributed by atoms with Crippen molar-refractivity contribution in [2.24, 2.45) is 0 Å². The second-order valence-electron chi connectivity index (χ2n) is 7.01. The fourth-order valence-electron chi connectivity index (χ4n) is 3.53. The highest BCUT2D eigenvalue weighted by Crippen LogP contribution is 2.30. The Bertz CT molecular complexity index is 1330. The number of aryl methyl sites for hydroxylation is 1. The first-order valence-corrected chi connectivity index (χ1v) is 10.8. The van der Waals surface area contributed by atoms with Gasteiger partial charge in [0.15, 0.2) is 0 Å². The number of benzene rings is 3. The van der Waals surface area contributed by atoms with E-state index in [4.69, 9.17) is 4.74 Å². The number of aromatic nitrogens is 1. The number of ether oxygens (including phenoxy) is 1. The number of nitrogens with zero attached hydrogens (tertiary/aromatic N) is 2. The van der Waals surface area contributed by atoms with Crippen LogP contribution in [0, 0.1) is 12.7 Å². The van der Waals surface area contributed by atoms with E-state index in [-0.39, 0.29) is 4.90 Å². The molecule has 0 saturated heterocycles. The van der Waals surface area contributed by atoms with Gasteiger partial charge in [0.1, 0.15) is 11.6 Å². The molecule has 154 valence electrons. The summed E-state index contributed by atoms with van der Waals surface area (Å²) in [6, 6.07) is 20.0. The highest BCUT2D eigenvalue weighted by atomic mass is 32.2. The molecule has 1 heterocycles. The molecule has 7 heteroatoms. The molecule has 0 aliphatic rings. The molecule has 30 heavy (non-hydrogen) atoms. The minimum Gasteiger partial charge on any atom is -0.497 e. The molecule has 0 aliphatic heterocycles. The van der Waals surface area contributed by atoms with Crippen molar-refractivity contribution in [3.8, 4) is 5.75 Å². The molecular formula is C23H21FN2O3S. The van der Waals surface area contributed by atoms with Crippen LogP contribution in [0.4, 0.5) is 15.8 Å². The minimum absolute atomic E-state index is 0.162. The molecule has 3 aromatic carbocycles. The molecule has 0 atom stereocenters. The second kappa shape index (κ2) is 7.50. The lowest BCUT2D eigenvalue weighted by Crippen LogP contribution is -2.15. The first-order chi connectivity index (χ1) is 14.3. The fourth-order valence-corrected chi connectivity index (χ4v) is 5.08. The third-order valence-corrected chi connectivity index (χ3v) is 6.93. The van der Waals surface area contributed by atoms with Gasteiger partial charge in [0.25, 0.3) is 10.0 Å². The topological polar surface area (TPSA) is 51.5 Å². The van der Waals surface area contributed by atoms with Crippen LogP contribution < -0.4 is 9.64 Å². The Labute approximate surface area is 175 Å². The van der Waals surface area contributed by atoms with E-state index in [1.165, 1.54) is 22.2 Å². The van der Waals surface area contributed by atoms with Crippen LogP contribution in [0.15, 0.2) is 77.7 Å². The van der Waals surface area contributed by atoms with E-state index in [1.54, 1.807) is 44.4 Å². The number of anilines is 2. The number of methoxy groups -OCH3 is 1. The van der Waals surface area contributed by atoms with Gasteiger partial charge in [-0.2, -0.15) is 0 Å². The van der Waals surface area contributed by atoms with Crippen LogP contribution in [-0.4, -0.2) is 26.5 Å². The molecule has 0 radical (unpaired) electrons. The van der Waals surface area contributed by atoms with Crippen molar-refractivity contribution in [2.45, 2.75) is 11.8 Å². The average molecular weight is 424 g/mol. The first kappa shape index (κ1) is 20.0. The van der Waals surface area contributed by atoms with E-state index >= 15 is 0 Å². The minimum atomic E-state index is -3.83. The fraction of sp³-hybridized carbons (Fsp3) is 0.130. The largest absolute Gasteiger partial charge is 0.497 e. The second-order valence-corrected chi connectivity index (χ2v) is 8.80. The van der Waals surface area contributed by atoms with Crippen molar-refractivity contribution in [1.29, 1.82) is 0 Å². The van der Waals surface area contributed by atoms with E-state index in [2.05, 4.69) is 0 Å². The Morgan fingerprint density at radius 3 is 2.37 bits per heavy atom. The maximum absolute atomic E-state index is 13.5. The molecule has 0 amide bonds. The summed E-state index contributed by atoms with van der Waals surface area (Å²) in [4.78, 5) is 2.10. The van der Waals surface area contributed by atoms with Crippen LogP contribution in [0.5, 0.6) is 5.75 Å². The number of rotatable bonds is 5. The highest BCUT2D eigenvalue weighted by molar-refractivity contribution is 7.90. The van der Waals surface area contributed by atoms with Gasteiger partial charge in [0, 0.05) is 35.6 Å². The van der Waals surface area contributed by atoms with Gasteiger partial charge in [-0.3, -0.25) is 0 Å². The molecule has 0 aliphatic carbocycles. The Kier molecular flexibility index (Phi) is 4.99. The van der Waals surface area contributed by atoms with Crippen molar-refractivity contribution in [3.63, 3.8) is 0 Å². The summed E-state index contributed by atoms with van der Waals surface area (Å²) < 4.78 is 46.6. The Morgan fingerprint density at radius 1 is 0.933 bits per heavy atom. The summed E-state index contributed by atoms with van der Waals surface area (Å²) >= 11 is 0. The zero-order valence-corrected chi connectivity index (χ0v) is 17.7. The predicted octanol–water partition coefficient (Wildman–Crippen LogP) is 5.10. The van der Waals surface area contributed by atoms with Crippen molar-refractivity contribution < 1.29 is 17.5 Å². The van der Waals surface area contributed by atoms with Crippen LogP contribution in [0.3, 0.4) is 0 Å². The molecule has 0 fully saturated rings. The van der Waals surface area contributed by atoms with Crippen LogP contribution in [-0.2, 0) is 10.0 Å². The third kappa shape index (κ3) is 3.41. The van der Waals surface area contributed by atoms with Gasteiger partial charge in [0.2, 0.25) is 0 Å². The van der Waals surface area contributed by atoms with Crippen molar-refractivity contribution in [1.82, 2.24) is 3.97 Å². The Balaban J connectivity index is 1.71. The zero-order chi connectivity index (χ0) is 21.5. The summed E-state index contributed by atoms with van der Waals surface area (Å²) in [7, 11) is -0.317. The quantitative estimate of drug-likeness (QED) is 0.447. The van der Waals surface area contributed by atoms with Crippen LogP contribution >= 0.6 is 0 Å². The van der Waals surface area contributed by atoms with Crippen LogP contribution in [0.25, 0.3) is 10.9 Å². The Morgan fingerprint density at radius 2 is 1.67 bits per heavy atom. The Hall–Kier alpha value is -3.32. The van der Waals surface area contributed by atoms with Gasteiger partial charge in [0.05, 0.1) is 17.5 Å². The smallest absolute Gasteiger partial charge is 0.268 e. The number of hydrogen-bond acceptors (Lipinski definition) is 4. The molecule has 4 rings (SSSR count). The van der Waals surface area contributed by atoms with Gasteiger partial charge in [-0.05, 0) is 67.6 Å². The maximum atomic E-state index is 13.5. The average Bonchev–Trinajstić information content (AvgIpc) is 3.08. The van der Waals surface area contributed by atoms with Gasteiger partial charge in [-0.15, -0.1) is 0 Å². The van der Waals surface area contributed by atoms with Crippen LogP contribution in [0.1, 0.15) is 5.69 Å². The molecule has 1 aromatic heterocycles. The summed E-state index contributed by atoms with van der Waals surface area (Å²) in [5.41, 5.74) is 2.72. The summed E-state index contributed by atoms with van der Waals surface area (Å²) in [6.07, 6.45) is 0. The van der Waals surface area contributed by atoms with E-state index in [1.807, 2.05) is 36.2 Å². The standard InChI is InChI=1S/C23H21FN2O3S/c1-16-13-17-14-18(24)7-12-23(17)26(16)30(27,28)22-10-8-19(9-11-22)25(2)20-5-4-6-21(15-20)29-3/h4-15H,1-3H3. The van der Waals surface area contributed by atoms with Gasteiger partial charge in [-0.1, -0.05) is 6.07 Å². The van der Waals surface area contributed by atoms with E-state index in [0.29, 0.717) is 16.6 Å². The SMILES string of the molecule is COc1cccc(N(C)c2ccc(S(=O)(=O)n3c(C)cc4cc(F)ccc43)cc2)c1. The van der Waals surface area contributed by atoms with E-state index in [0.717, 1.165) is 17.1 Å². The molecule has 5 nitrogen and oxygen atoms in total. The lowest BCUT2D eigenvalue weighted by Gasteiger charge is -2.20. The normalized spacial score (nSPS) is 11.6.